The van der Waals surface area contributed by atoms with E-state index in [4.69, 9.17) is 11.6 Å². The number of nitrogens with zero attached hydrogens (tertiary/aromatic N) is 1. The molecule has 2 aromatic rings. The molecule has 2 aromatic carbocycles. The van der Waals surface area contributed by atoms with Crippen molar-refractivity contribution in [2.75, 3.05) is 23.7 Å². The van der Waals surface area contributed by atoms with Crippen LogP contribution in [-0.4, -0.2) is 33.7 Å². The summed E-state index contributed by atoms with van der Waals surface area (Å²) in [5, 5.41) is 3.50. The molecule has 0 atom stereocenters. The first-order valence-corrected chi connectivity index (χ1v) is 11.8. The van der Waals surface area contributed by atoms with Crippen LogP contribution in [0.15, 0.2) is 48.5 Å². The van der Waals surface area contributed by atoms with Gasteiger partial charge in [-0.15, -0.1) is 0 Å². The van der Waals surface area contributed by atoms with Gasteiger partial charge in [-0.3, -0.25) is 9.10 Å². The minimum absolute atomic E-state index is 0.0343. The average Bonchev–Trinajstić information content (AvgIpc) is 2.63. The van der Waals surface area contributed by atoms with Gasteiger partial charge in [0.1, 0.15) is 6.54 Å². The molecule has 158 valence electrons. The summed E-state index contributed by atoms with van der Waals surface area (Å²) in [5.41, 5.74) is 2.57. The van der Waals surface area contributed by atoms with Crippen molar-refractivity contribution in [2.24, 2.45) is 0 Å². The van der Waals surface area contributed by atoms with E-state index in [1.807, 2.05) is 36.4 Å². The van der Waals surface area contributed by atoms with Crippen LogP contribution in [0.1, 0.15) is 38.3 Å². The third kappa shape index (κ3) is 7.05. The molecule has 0 aromatic heterocycles. The summed E-state index contributed by atoms with van der Waals surface area (Å²) in [5.74, 6) is -0.338. The first-order valence-electron chi connectivity index (χ1n) is 9.57. The predicted molar refractivity (Wildman–Crippen MR) is 120 cm³/mol. The summed E-state index contributed by atoms with van der Waals surface area (Å²) in [4.78, 5) is 12.3. The zero-order valence-corrected chi connectivity index (χ0v) is 19.0. The quantitative estimate of drug-likeness (QED) is 0.632. The Kier molecular flexibility index (Phi) is 7.72. The zero-order chi connectivity index (χ0) is 21.7. The maximum Gasteiger partial charge on any atom is 0.240 e. The van der Waals surface area contributed by atoms with Crippen LogP contribution < -0.4 is 9.62 Å². The van der Waals surface area contributed by atoms with Gasteiger partial charge in [0.05, 0.1) is 11.9 Å². The van der Waals surface area contributed by atoms with Gasteiger partial charge in [0.2, 0.25) is 15.9 Å². The van der Waals surface area contributed by atoms with Crippen LogP contribution in [0.2, 0.25) is 5.02 Å². The van der Waals surface area contributed by atoms with Crippen LogP contribution in [0.5, 0.6) is 0 Å². The number of amides is 1. The lowest BCUT2D eigenvalue weighted by atomic mass is 9.87. The summed E-state index contributed by atoms with van der Waals surface area (Å²) in [6.45, 7) is 6.47. The molecule has 0 saturated heterocycles. The number of hydrogen-bond donors (Lipinski definition) is 1. The number of carbonyl (C=O) groups is 1. The van der Waals surface area contributed by atoms with Crippen molar-refractivity contribution >= 4 is 33.2 Å². The Bertz CT molecular complexity index is 935. The molecule has 0 radical (unpaired) electrons. The van der Waals surface area contributed by atoms with Crippen LogP contribution in [0, 0.1) is 0 Å². The third-order valence-electron chi connectivity index (χ3n) is 4.61. The minimum atomic E-state index is -3.59. The highest BCUT2D eigenvalue weighted by molar-refractivity contribution is 7.92. The van der Waals surface area contributed by atoms with E-state index in [9.17, 15) is 13.2 Å². The monoisotopic (exact) mass is 436 g/mol. The van der Waals surface area contributed by atoms with Gasteiger partial charge in [-0.2, -0.15) is 0 Å². The fraction of sp³-hybridized carbons (Fsp3) is 0.409. The van der Waals surface area contributed by atoms with Gasteiger partial charge in [-0.25, -0.2) is 8.42 Å². The lowest BCUT2D eigenvalue weighted by Crippen LogP contribution is -2.40. The van der Waals surface area contributed by atoms with E-state index in [1.54, 1.807) is 12.1 Å². The van der Waals surface area contributed by atoms with E-state index < -0.39 is 10.0 Å². The van der Waals surface area contributed by atoms with Gasteiger partial charge < -0.3 is 5.32 Å². The third-order valence-corrected chi connectivity index (χ3v) is 6.12. The van der Waals surface area contributed by atoms with Gasteiger partial charge >= 0.3 is 0 Å². The highest BCUT2D eigenvalue weighted by Gasteiger charge is 2.21. The van der Waals surface area contributed by atoms with Crippen molar-refractivity contribution < 1.29 is 13.2 Å². The highest BCUT2D eigenvalue weighted by atomic mass is 35.5. The standard InChI is InChI=1S/C22H29ClN2O3S/c1-22(2,3)18-11-13-19(14-12-18)25(29(4,27)28)16-21(26)24-15-7-9-17-8-5-6-10-20(17)23/h5-6,8,10-14H,7,9,15-16H2,1-4H3,(H,24,26). The molecule has 0 unspecified atom stereocenters. The van der Waals surface area contributed by atoms with Gasteiger partial charge in [0.15, 0.2) is 0 Å². The van der Waals surface area contributed by atoms with Crippen molar-refractivity contribution in [1.29, 1.82) is 0 Å². The van der Waals surface area contributed by atoms with Crippen LogP contribution in [0.3, 0.4) is 0 Å². The number of nitrogens with one attached hydrogen (secondary N) is 1. The fourth-order valence-electron chi connectivity index (χ4n) is 2.92. The molecule has 0 aliphatic carbocycles. The van der Waals surface area contributed by atoms with Gasteiger partial charge in [-0.05, 0) is 47.6 Å². The number of benzene rings is 2. The average molecular weight is 437 g/mol. The Labute approximate surface area is 179 Å². The van der Waals surface area contributed by atoms with E-state index in [-0.39, 0.29) is 17.9 Å². The van der Waals surface area contributed by atoms with Gasteiger partial charge in [-0.1, -0.05) is 62.7 Å². The van der Waals surface area contributed by atoms with Crippen LogP contribution >= 0.6 is 11.6 Å². The summed E-state index contributed by atoms with van der Waals surface area (Å²) in [6, 6.07) is 14.9. The second-order valence-electron chi connectivity index (χ2n) is 8.11. The molecule has 2 rings (SSSR count). The molecule has 1 N–H and O–H groups in total. The normalized spacial score (nSPS) is 11.9. The number of sulfonamides is 1. The second kappa shape index (κ2) is 9.63. The fourth-order valence-corrected chi connectivity index (χ4v) is 4.01. The molecule has 0 spiro atoms. The molecular weight excluding hydrogens is 408 g/mol. The first-order chi connectivity index (χ1) is 13.5. The Morgan fingerprint density at radius 1 is 1.07 bits per heavy atom. The molecular formula is C22H29ClN2O3S. The maximum atomic E-state index is 12.3. The maximum absolute atomic E-state index is 12.3. The molecule has 0 aliphatic heterocycles. The lowest BCUT2D eigenvalue weighted by molar-refractivity contribution is -0.119. The molecule has 7 heteroatoms. The molecule has 0 saturated carbocycles. The van der Waals surface area contributed by atoms with E-state index in [0.29, 0.717) is 23.7 Å². The summed E-state index contributed by atoms with van der Waals surface area (Å²) >= 11 is 6.13. The zero-order valence-electron chi connectivity index (χ0n) is 17.4. The van der Waals surface area contributed by atoms with Gasteiger partial charge in [0, 0.05) is 11.6 Å². The van der Waals surface area contributed by atoms with Crippen LogP contribution in [-0.2, 0) is 26.7 Å². The van der Waals surface area contributed by atoms with E-state index >= 15 is 0 Å². The molecule has 0 aliphatic rings. The number of hydrogen-bond acceptors (Lipinski definition) is 3. The van der Waals surface area contributed by atoms with Crippen LogP contribution in [0.4, 0.5) is 5.69 Å². The molecule has 0 bridgehead atoms. The Morgan fingerprint density at radius 2 is 1.69 bits per heavy atom. The van der Waals surface area contributed by atoms with Crippen molar-refractivity contribution in [3.05, 3.63) is 64.7 Å². The predicted octanol–water partition coefficient (Wildman–Crippen LogP) is 4.15. The molecule has 0 fully saturated rings. The van der Waals surface area contributed by atoms with Gasteiger partial charge in [0.25, 0.3) is 0 Å². The minimum Gasteiger partial charge on any atom is -0.355 e. The number of rotatable bonds is 8. The number of anilines is 1. The smallest absolute Gasteiger partial charge is 0.240 e. The first kappa shape index (κ1) is 23.2. The van der Waals surface area contributed by atoms with Crippen molar-refractivity contribution in [3.8, 4) is 0 Å². The molecule has 29 heavy (non-hydrogen) atoms. The molecule has 1 amide bonds. The second-order valence-corrected chi connectivity index (χ2v) is 10.4. The SMILES string of the molecule is CC(C)(C)c1ccc(N(CC(=O)NCCCc2ccccc2Cl)S(C)(=O)=O)cc1. The topological polar surface area (TPSA) is 66.5 Å². The summed E-state index contributed by atoms with van der Waals surface area (Å²) in [7, 11) is -3.59. The Hall–Kier alpha value is -2.05. The number of aryl methyl sites for hydroxylation is 1. The largest absolute Gasteiger partial charge is 0.355 e. The van der Waals surface area contributed by atoms with Crippen molar-refractivity contribution in [2.45, 2.75) is 39.0 Å². The van der Waals surface area contributed by atoms with E-state index in [2.05, 4.69) is 26.1 Å². The lowest BCUT2D eigenvalue weighted by Gasteiger charge is -2.24. The Balaban J connectivity index is 1.96. The van der Waals surface area contributed by atoms with E-state index in [1.165, 1.54) is 0 Å². The van der Waals surface area contributed by atoms with E-state index in [0.717, 1.165) is 28.1 Å². The summed E-state index contributed by atoms with van der Waals surface area (Å²) < 4.78 is 25.6. The molecule has 0 heterocycles. The summed E-state index contributed by atoms with van der Waals surface area (Å²) in [6.07, 6.45) is 2.56. The highest BCUT2D eigenvalue weighted by Crippen LogP contribution is 2.25. The number of carbonyl (C=O) groups excluding carboxylic acids is 1. The van der Waals surface area contributed by atoms with Crippen molar-refractivity contribution in [1.82, 2.24) is 5.32 Å². The van der Waals surface area contributed by atoms with Crippen molar-refractivity contribution in [3.63, 3.8) is 0 Å². The Morgan fingerprint density at radius 3 is 2.24 bits per heavy atom. The number of halogens is 1. The molecule has 5 nitrogen and oxygen atoms in total. The van der Waals surface area contributed by atoms with Crippen LogP contribution in [0.25, 0.3) is 0 Å².